The average molecular weight is 225 g/mol. The highest BCUT2D eigenvalue weighted by molar-refractivity contribution is 5.91. The van der Waals surface area contributed by atoms with E-state index in [-0.39, 0.29) is 18.6 Å². The van der Waals surface area contributed by atoms with Crippen LogP contribution in [-0.4, -0.2) is 35.1 Å². The molecule has 0 saturated heterocycles. The SMILES string of the molecule is CCC(CC)N(CCO)C(=O)c1ccco1. The summed E-state index contributed by atoms with van der Waals surface area (Å²) in [5, 5.41) is 9.00. The Labute approximate surface area is 95.9 Å². The molecular weight excluding hydrogens is 206 g/mol. The van der Waals surface area contributed by atoms with E-state index in [1.54, 1.807) is 17.0 Å². The fourth-order valence-corrected chi connectivity index (χ4v) is 1.83. The first-order chi connectivity index (χ1) is 7.74. The molecule has 90 valence electrons. The number of furan rings is 1. The Balaban J connectivity index is 2.80. The summed E-state index contributed by atoms with van der Waals surface area (Å²) in [6.45, 7) is 4.40. The summed E-state index contributed by atoms with van der Waals surface area (Å²) in [6.07, 6.45) is 3.24. The molecule has 4 heteroatoms. The van der Waals surface area contributed by atoms with Crippen molar-refractivity contribution in [3.05, 3.63) is 24.2 Å². The topological polar surface area (TPSA) is 53.7 Å². The van der Waals surface area contributed by atoms with Crippen molar-refractivity contribution < 1.29 is 14.3 Å². The van der Waals surface area contributed by atoms with Crippen molar-refractivity contribution in [1.29, 1.82) is 0 Å². The molecule has 1 heterocycles. The van der Waals surface area contributed by atoms with Gasteiger partial charge in [-0.1, -0.05) is 13.8 Å². The van der Waals surface area contributed by atoms with E-state index in [1.165, 1.54) is 6.26 Å². The zero-order valence-corrected chi connectivity index (χ0v) is 9.85. The van der Waals surface area contributed by atoms with Gasteiger partial charge in [-0.25, -0.2) is 0 Å². The largest absolute Gasteiger partial charge is 0.459 e. The molecular formula is C12H19NO3. The molecule has 1 rings (SSSR count). The van der Waals surface area contributed by atoms with Crippen molar-refractivity contribution in [2.75, 3.05) is 13.2 Å². The molecule has 0 aliphatic carbocycles. The number of carbonyl (C=O) groups is 1. The molecule has 4 nitrogen and oxygen atoms in total. The number of nitrogens with zero attached hydrogens (tertiary/aromatic N) is 1. The predicted octanol–water partition coefficient (Wildman–Crippen LogP) is 1.90. The molecule has 1 aromatic heterocycles. The van der Waals surface area contributed by atoms with E-state index in [4.69, 9.17) is 9.52 Å². The molecule has 0 fully saturated rings. The second kappa shape index (κ2) is 6.33. The molecule has 1 aromatic rings. The van der Waals surface area contributed by atoms with Gasteiger partial charge in [0.2, 0.25) is 0 Å². The molecule has 0 saturated carbocycles. The molecule has 0 unspecified atom stereocenters. The maximum absolute atomic E-state index is 12.1. The van der Waals surface area contributed by atoms with E-state index in [9.17, 15) is 4.79 Å². The third-order valence-corrected chi connectivity index (χ3v) is 2.72. The summed E-state index contributed by atoms with van der Waals surface area (Å²) < 4.78 is 5.09. The van der Waals surface area contributed by atoms with E-state index < -0.39 is 0 Å². The van der Waals surface area contributed by atoms with Gasteiger partial charge in [0, 0.05) is 12.6 Å². The van der Waals surface area contributed by atoms with E-state index in [0.29, 0.717) is 12.3 Å². The van der Waals surface area contributed by atoms with E-state index >= 15 is 0 Å². The first kappa shape index (κ1) is 12.8. The van der Waals surface area contributed by atoms with Crippen LogP contribution in [0.2, 0.25) is 0 Å². The van der Waals surface area contributed by atoms with Gasteiger partial charge in [0.25, 0.3) is 5.91 Å². The molecule has 0 bridgehead atoms. The van der Waals surface area contributed by atoms with Crippen molar-refractivity contribution >= 4 is 5.91 Å². The molecule has 0 aliphatic rings. The number of rotatable bonds is 6. The maximum atomic E-state index is 12.1. The van der Waals surface area contributed by atoms with Gasteiger partial charge in [0.15, 0.2) is 5.76 Å². The van der Waals surface area contributed by atoms with Crippen LogP contribution in [0, 0.1) is 0 Å². The molecule has 0 spiro atoms. The average Bonchev–Trinajstić information content (AvgIpc) is 2.82. The molecule has 1 amide bonds. The Morgan fingerprint density at radius 2 is 2.19 bits per heavy atom. The van der Waals surface area contributed by atoms with E-state index in [0.717, 1.165) is 12.8 Å². The van der Waals surface area contributed by atoms with Crippen molar-refractivity contribution in [3.63, 3.8) is 0 Å². The van der Waals surface area contributed by atoms with Crippen LogP contribution in [0.3, 0.4) is 0 Å². The maximum Gasteiger partial charge on any atom is 0.289 e. The van der Waals surface area contributed by atoms with E-state index in [2.05, 4.69) is 0 Å². The predicted molar refractivity (Wildman–Crippen MR) is 61.2 cm³/mol. The Bertz CT molecular complexity index is 304. The van der Waals surface area contributed by atoms with Gasteiger partial charge in [-0.15, -0.1) is 0 Å². The van der Waals surface area contributed by atoms with Crippen LogP contribution in [0.4, 0.5) is 0 Å². The Morgan fingerprint density at radius 1 is 1.50 bits per heavy atom. The van der Waals surface area contributed by atoms with Crippen LogP contribution in [0.15, 0.2) is 22.8 Å². The highest BCUT2D eigenvalue weighted by Gasteiger charge is 2.23. The number of aliphatic hydroxyl groups is 1. The zero-order valence-electron chi connectivity index (χ0n) is 9.85. The highest BCUT2D eigenvalue weighted by Crippen LogP contribution is 2.13. The van der Waals surface area contributed by atoms with Crippen LogP contribution < -0.4 is 0 Å². The Kier molecular flexibility index (Phi) is 5.05. The van der Waals surface area contributed by atoms with Gasteiger partial charge >= 0.3 is 0 Å². The standard InChI is InChI=1S/C12H19NO3/c1-3-10(4-2)13(7-8-14)12(15)11-6-5-9-16-11/h5-6,9-10,14H,3-4,7-8H2,1-2H3. The summed E-state index contributed by atoms with van der Waals surface area (Å²) in [6, 6.07) is 3.50. The third-order valence-electron chi connectivity index (χ3n) is 2.72. The van der Waals surface area contributed by atoms with Crippen molar-refractivity contribution in [2.24, 2.45) is 0 Å². The highest BCUT2D eigenvalue weighted by atomic mass is 16.3. The molecule has 16 heavy (non-hydrogen) atoms. The first-order valence-electron chi connectivity index (χ1n) is 5.69. The van der Waals surface area contributed by atoms with Crippen LogP contribution >= 0.6 is 0 Å². The number of hydrogen-bond acceptors (Lipinski definition) is 3. The molecule has 0 atom stereocenters. The van der Waals surface area contributed by atoms with E-state index in [1.807, 2.05) is 13.8 Å². The van der Waals surface area contributed by atoms with Crippen LogP contribution in [0.25, 0.3) is 0 Å². The minimum atomic E-state index is -0.146. The lowest BCUT2D eigenvalue weighted by Crippen LogP contribution is -2.41. The molecule has 0 aromatic carbocycles. The minimum absolute atomic E-state index is 0.0249. The molecule has 0 radical (unpaired) electrons. The smallest absolute Gasteiger partial charge is 0.289 e. The van der Waals surface area contributed by atoms with Gasteiger partial charge in [0.05, 0.1) is 12.9 Å². The van der Waals surface area contributed by atoms with Crippen molar-refractivity contribution in [3.8, 4) is 0 Å². The summed E-state index contributed by atoms with van der Waals surface area (Å²) in [4.78, 5) is 13.8. The lowest BCUT2D eigenvalue weighted by Gasteiger charge is -2.29. The molecule has 1 N–H and O–H groups in total. The Hall–Kier alpha value is -1.29. The van der Waals surface area contributed by atoms with Crippen molar-refractivity contribution in [1.82, 2.24) is 4.90 Å². The van der Waals surface area contributed by atoms with Gasteiger partial charge in [-0.3, -0.25) is 4.79 Å². The van der Waals surface area contributed by atoms with Gasteiger partial charge < -0.3 is 14.4 Å². The summed E-state index contributed by atoms with van der Waals surface area (Å²) in [7, 11) is 0. The fourth-order valence-electron chi connectivity index (χ4n) is 1.83. The molecule has 0 aliphatic heterocycles. The van der Waals surface area contributed by atoms with Crippen LogP contribution in [-0.2, 0) is 0 Å². The fraction of sp³-hybridized carbons (Fsp3) is 0.583. The lowest BCUT2D eigenvalue weighted by atomic mass is 10.1. The summed E-state index contributed by atoms with van der Waals surface area (Å²) in [5.74, 6) is 0.188. The second-order valence-corrected chi connectivity index (χ2v) is 3.67. The van der Waals surface area contributed by atoms with Crippen LogP contribution in [0.1, 0.15) is 37.2 Å². The summed E-state index contributed by atoms with van der Waals surface area (Å²) in [5.41, 5.74) is 0. The third kappa shape index (κ3) is 2.85. The number of carbonyl (C=O) groups excluding carboxylic acids is 1. The second-order valence-electron chi connectivity index (χ2n) is 3.67. The van der Waals surface area contributed by atoms with Gasteiger partial charge in [-0.05, 0) is 25.0 Å². The van der Waals surface area contributed by atoms with Crippen molar-refractivity contribution in [2.45, 2.75) is 32.7 Å². The Morgan fingerprint density at radius 3 is 2.62 bits per heavy atom. The number of aliphatic hydroxyl groups excluding tert-OH is 1. The zero-order chi connectivity index (χ0) is 12.0. The summed E-state index contributed by atoms with van der Waals surface area (Å²) >= 11 is 0. The van der Waals surface area contributed by atoms with Gasteiger partial charge in [0.1, 0.15) is 0 Å². The lowest BCUT2D eigenvalue weighted by molar-refractivity contribution is 0.0590. The number of hydrogen-bond donors (Lipinski definition) is 1. The first-order valence-corrected chi connectivity index (χ1v) is 5.69. The quantitative estimate of drug-likeness (QED) is 0.804. The normalized spacial score (nSPS) is 10.8. The monoisotopic (exact) mass is 225 g/mol. The van der Waals surface area contributed by atoms with Crippen LogP contribution in [0.5, 0.6) is 0 Å². The number of amides is 1. The van der Waals surface area contributed by atoms with Gasteiger partial charge in [-0.2, -0.15) is 0 Å². The minimum Gasteiger partial charge on any atom is -0.459 e.